The standard InChI is InChI=1S/C29H29ClN2O2S/c1-18-8-7-12-24(19(18)2)31-28(33)20-14-15-27-25(16-20)32(17-21-9-3-5-11-23(21)30)29(34)22-10-4-6-13-26(22)35-27/h3-6,9-11,13-16,18-19,24H,7-8,12,17H2,1-2H3,(H,31,33)/t18-,19+,24+/m1/s1. The van der Waals surface area contributed by atoms with Crippen LogP contribution in [0.1, 0.15) is 59.4 Å². The number of amides is 2. The number of hydrogen-bond acceptors (Lipinski definition) is 3. The van der Waals surface area contributed by atoms with Gasteiger partial charge < -0.3 is 10.2 Å². The Morgan fingerprint density at radius 2 is 1.80 bits per heavy atom. The van der Waals surface area contributed by atoms with Gasteiger partial charge in [0.05, 0.1) is 17.8 Å². The molecule has 1 heterocycles. The number of anilines is 1. The molecule has 1 aliphatic heterocycles. The van der Waals surface area contributed by atoms with E-state index in [9.17, 15) is 9.59 Å². The zero-order valence-corrected chi connectivity index (χ0v) is 21.5. The molecule has 180 valence electrons. The molecule has 1 N–H and O–H groups in total. The molecule has 1 saturated carbocycles. The molecular formula is C29H29ClN2O2S. The number of hydrogen-bond donors (Lipinski definition) is 1. The van der Waals surface area contributed by atoms with Gasteiger partial charge in [-0.05, 0) is 60.2 Å². The topological polar surface area (TPSA) is 49.4 Å². The van der Waals surface area contributed by atoms with Crippen LogP contribution in [0.4, 0.5) is 5.69 Å². The van der Waals surface area contributed by atoms with Gasteiger partial charge in [0.1, 0.15) is 0 Å². The molecule has 5 rings (SSSR count). The van der Waals surface area contributed by atoms with E-state index in [1.165, 1.54) is 6.42 Å². The monoisotopic (exact) mass is 504 g/mol. The first-order chi connectivity index (χ1) is 16.9. The van der Waals surface area contributed by atoms with Crippen LogP contribution in [0.3, 0.4) is 0 Å². The third kappa shape index (κ3) is 4.85. The molecule has 4 nitrogen and oxygen atoms in total. The van der Waals surface area contributed by atoms with E-state index in [0.29, 0.717) is 34.5 Å². The van der Waals surface area contributed by atoms with Gasteiger partial charge in [-0.2, -0.15) is 0 Å². The van der Waals surface area contributed by atoms with Crippen LogP contribution in [0.25, 0.3) is 0 Å². The summed E-state index contributed by atoms with van der Waals surface area (Å²) in [7, 11) is 0. The molecular weight excluding hydrogens is 476 g/mol. The molecule has 1 fully saturated rings. The summed E-state index contributed by atoms with van der Waals surface area (Å²) in [5, 5.41) is 3.88. The largest absolute Gasteiger partial charge is 0.349 e. The van der Waals surface area contributed by atoms with E-state index >= 15 is 0 Å². The van der Waals surface area contributed by atoms with E-state index in [0.717, 1.165) is 33.9 Å². The third-order valence-electron chi connectivity index (χ3n) is 7.40. The maximum atomic E-state index is 13.8. The highest BCUT2D eigenvalue weighted by Gasteiger charge is 2.31. The number of carbonyl (C=O) groups excluding carboxylic acids is 2. The molecule has 0 aromatic heterocycles. The summed E-state index contributed by atoms with van der Waals surface area (Å²) in [5.41, 5.74) is 2.81. The van der Waals surface area contributed by atoms with E-state index in [1.807, 2.05) is 66.7 Å². The lowest BCUT2D eigenvalue weighted by molar-refractivity contribution is 0.0889. The second-order valence-electron chi connectivity index (χ2n) is 9.61. The Hall–Kier alpha value is -2.76. The van der Waals surface area contributed by atoms with Gasteiger partial charge in [0.25, 0.3) is 11.8 Å². The van der Waals surface area contributed by atoms with Crippen molar-refractivity contribution in [2.24, 2.45) is 11.8 Å². The molecule has 0 bridgehead atoms. The van der Waals surface area contributed by atoms with Gasteiger partial charge in [0, 0.05) is 26.4 Å². The molecule has 3 atom stereocenters. The molecule has 0 radical (unpaired) electrons. The van der Waals surface area contributed by atoms with Crippen LogP contribution in [-0.2, 0) is 6.54 Å². The summed E-state index contributed by atoms with van der Waals surface area (Å²) < 4.78 is 0. The Morgan fingerprint density at radius 3 is 2.63 bits per heavy atom. The molecule has 0 saturated heterocycles. The van der Waals surface area contributed by atoms with E-state index < -0.39 is 0 Å². The summed E-state index contributed by atoms with van der Waals surface area (Å²) in [4.78, 5) is 30.7. The third-order valence-corrected chi connectivity index (χ3v) is 8.91. The van der Waals surface area contributed by atoms with Crippen molar-refractivity contribution in [3.63, 3.8) is 0 Å². The van der Waals surface area contributed by atoms with Crippen LogP contribution in [-0.4, -0.2) is 17.9 Å². The van der Waals surface area contributed by atoms with Crippen LogP contribution in [0.5, 0.6) is 0 Å². The van der Waals surface area contributed by atoms with Crippen LogP contribution in [0, 0.1) is 11.8 Å². The summed E-state index contributed by atoms with van der Waals surface area (Å²) >= 11 is 8.02. The minimum absolute atomic E-state index is 0.0874. The summed E-state index contributed by atoms with van der Waals surface area (Å²) in [5.74, 6) is 0.853. The van der Waals surface area contributed by atoms with Crippen molar-refractivity contribution in [2.45, 2.75) is 55.5 Å². The highest BCUT2D eigenvalue weighted by atomic mass is 35.5. The Kier molecular flexibility index (Phi) is 6.90. The van der Waals surface area contributed by atoms with Crippen molar-refractivity contribution >= 4 is 40.9 Å². The number of benzene rings is 3. The second kappa shape index (κ2) is 10.1. The van der Waals surface area contributed by atoms with Crippen molar-refractivity contribution in [3.8, 4) is 0 Å². The number of carbonyl (C=O) groups is 2. The Labute approximate surface area is 216 Å². The van der Waals surface area contributed by atoms with Gasteiger partial charge in [-0.15, -0.1) is 0 Å². The van der Waals surface area contributed by atoms with Gasteiger partial charge in [-0.3, -0.25) is 9.59 Å². The SMILES string of the molecule is C[C@H]1[C@H](C)CCC[C@@H]1NC(=O)c1ccc2c(c1)N(Cc1ccccc1Cl)C(=O)c1ccccc1S2. The molecule has 0 spiro atoms. The van der Waals surface area contributed by atoms with E-state index in [2.05, 4.69) is 19.2 Å². The fourth-order valence-corrected chi connectivity index (χ4v) is 6.31. The number of rotatable bonds is 4. The maximum Gasteiger partial charge on any atom is 0.259 e. The van der Waals surface area contributed by atoms with Crippen molar-refractivity contribution in [1.82, 2.24) is 5.32 Å². The van der Waals surface area contributed by atoms with Crippen molar-refractivity contribution in [2.75, 3.05) is 4.90 Å². The lowest BCUT2D eigenvalue weighted by Gasteiger charge is -2.34. The Bertz CT molecular complexity index is 1280. The average Bonchev–Trinajstić information content (AvgIpc) is 2.97. The molecule has 1 aliphatic carbocycles. The van der Waals surface area contributed by atoms with Gasteiger partial charge >= 0.3 is 0 Å². The molecule has 6 heteroatoms. The smallest absolute Gasteiger partial charge is 0.259 e. The fraction of sp³-hybridized carbons (Fsp3) is 0.310. The highest BCUT2D eigenvalue weighted by Crippen LogP contribution is 2.42. The normalized spacial score (nSPS) is 21.6. The second-order valence-corrected chi connectivity index (χ2v) is 11.1. The predicted octanol–water partition coefficient (Wildman–Crippen LogP) is 7.21. The number of fused-ring (bicyclic) bond motifs is 2. The average molecular weight is 505 g/mol. The first-order valence-corrected chi connectivity index (χ1v) is 13.4. The van der Waals surface area contributed by atoms with E-state index in [-0.39, 0.29) is 17.9 Å². The maximum absolute atomic E-state index is 13.8. The lowest BCUT2D eigenvalue weighted by Crippen LogP contribution is -2.43. The van der Waals surface area contributed by atoms with E-state index in [1.54, 1.807) is 16.7 Å². The van der Waals surface area contributed by atoms with Gasteiger partial charge in [0.2, 0.25) is 0 Å². The molecule has 3 aromatic carbocycles. The van der Waals surface area contributed by atoms with Crippen molar-refractivity contribution < 1.29 is 9.59 Å². The van der Waals surface area contributed by atoms with Crippen LogP contribution in [0.15, 0.2) is 76.5 Å². The first-order valence-electron chi connectivity index (χ1n) is 12.2. The number of nitrogens with zero attached hydrogens (tertiary/aromatic N) is 1. The molecule has 3 aromatic rings. The summed E-state index contributed by atoms with van der Waals surface area (Å²) in [6.45, 7) is 4.81. The summed E-state index contributed by atoms with van der Waals surface area (Å²) in [6, 6.07) is 21.1. The molecule has 2 aliphatic rings. The fourth-order valence-electron chi connectivity index (χ4n) is 5.05. The molecule has 0 unspecified atom stereocenters. The molecule has 35 heavy (non-hydrogen) atoms. The highest BCUT2D eigenvalue weighted by molar-refractivity contribution is 7.99. The van der Waals surface area contributed by atoms with Gasteiger partial charge in [-0.25, -0.2) is 0 Å². The van der Waals surface area contributed by atoms with Crippen LogP contribution >= 0.6 is 23.4 Å². The minimum Gasteiger partial charge on any atom is -0.349 e. The predicted molar refractivity (Wildman–Crippen MR) is 142 cm³/mol. The minimum atomic E-state index is -0.0981. The van der Waals surface area contributed by atoms with Gasteiger partial charge in [-0.1, -0.05) is 80.4 Å². The van der Waals surface area contributed by atoms with E-state index in [4.69, 9.17) is 11.6 Å². The van der Waals surface area contributed by atoms with Crippen LogP contribution < -0.4 is 10.2 Å². The Morgan fingerprint density at radius 1 is 1.03 bits per heavy atom. The number of halogens is 1. The van der Waals surface area contributed by atoms with Crippen LogP contribution in [0.2, 0.25) is 5.02 Å². The van der Waals surface area contributed by atoms with Gasteiger partial charge in [0.15, 0.2) is 0 Å². The van der Waals surface area contributed by atoms with Crippen molar-refractivity contribution in [1.29, 1.82) is 0 Å². The first kappa shape index (κ1) is 24.0. The Balaban J connectivity index is 1.52. The summed E-state index contributed by atoms with van der Waals surface area (Å²) in [6.07, 6.45) is 3.35. The lowest BCUT2D eigenvalue weighted by atomic mass is 9.78. The number of nitrogens with one attached hydrogen (secondary N) is 1. The van der Waals surface area contributed by atoms with Crippen molar-refractivity contribution in [3.05, 3.63) is 88.4 Å². The molecule has 2 amide bonds. The quantitative estimate of drug-likeness (QED) is 0.408. The zero-order chi connectivity index (χ0) is 24.5. The zero-order valence-electron chi connectivity index (χ0n) is 20.0.